The molecular weight excluding hydrogens is 358 g/mol. The molecule has 6 heteroatoms. The van der Waals surface area contributed by atoms with Crippen LogP contribution in [0.3, 0.4) is 0 Å². The molecular formula is C21H21N3O2S. The van der Waals surface area contributed by atoms with Gasteiger partial charge in [-0.05, 0) is 18.6 Å². The minimum Gasteiger partial charge on any atom is -0.383 e. The van der Waals surface area contributed by atoms with Crippen LogP contribution in [0.25, 0.3) is 16.6 Å². The van der Waals surface area contributed by atoms with Crippen molar-refractivity contribution < 1.29 is 9.53 Å². The molecule has 3 aromatic rings. The average Bonchev–Trinajstić information content (AvgIpc) is 3.18. The molecule has 1 heterocycles. The highest BCUT2D eigenvalue weighted by Crippen LogP contribution is 2.29. The molecule has 1 amide bonds. The van der Waals surface area contributed by atoms with E-state index in [-0.39, 0.29) is 5.91 Å². The number of aromatic nitrogens is 2. The minimum absolute atomic E-state index is 0.150. The Morgan fingerprint density at radius 3 is 2.56 bits per heavy atom. The van der Waals surface area contributed by atoms with Crippen molar-refractivity contribution in [2.24, 2.45) is 0 Å². The van der Waals surface area contributed by atoms with Gasteiger partial charge in [-0.15, -0.1) is 10.2 Å². The van der Waals surface area contributed by atoms with Crippen molar-refractivity contribution in [3.05, 3.63) is 71.8 Å². The molecule has 2 aromatic carbocycles. The van der Waals surface area contributed by atoms with Crippen LogP contribution >= 0.6 is 11.3 Å². The normalized spacial score (nSPS) is 11.0. The van der Waals surface area contributed by atoms with Gasteiger partial charge < -0.3 is 4.74 Å². The summed E-state index contributed by atoms with van der Waals surface area (Å²) in [5.74, 6) is -0.150. The fourth-order valence-corrected chi connectivity index (χ4v) is 3.32. The zero-order chi connectivity index (χ0) is 19.1. The van der Waals surface area contributed by atoms with Crippen LogP contribution in [0.5, 0.6) is 0 Å². The summed E-state index contributed by atoms with van der Waals surface area (Å²) in [7, 11) is 1.61. The van der Waals surface area contributed by atoms with Crippen LogP contribution in [0.2, 0.25) is 0 Å². The third-order valence-corrected chi connectivity index (χ3v) is 4.94. The summed E-state index contributed by atoms with van der Waals surface area (Å²) in [5.41, 5.74) is 3.14. The van der Waals surface area contributed by atoms with Gasteiger partial charge in [0.05, 0.1) is 13.2 Å². The summed E-state index contributed by atoms with van der Waals surface area (Å²) in [6, 6.07) is 17.8. The molecule has 0 spiro atoms. The van der Waals surface area contributed by atoms with Gasteiger partial charge in [0.1, 0.15) is 5.01 Å². The van der Waals surface area contributed by atoms with E-state index in [9.17, 15) is 4.79 Å². The fourth-order valence-electron chi connectivity index (χ4n) is 2.44. The number of carbonyl (C=O) groups excluding carboxylic acids is 1. The van der Waals surface area contributed by atoms with Gasteiger partial charge in [-0.25, -0.2) is 0 Å². The standard InChI is InChI=1S/C21H21N3O2S/c1-16-8-11-18(12-9-16)20-22-23-21(27-20)24(14-15-26-2)19(25)13-10-17-6-4-3-5-7-17/h3-13H,14-15H2,1-2H3. The molecule has 0 fully saturated rings. The summed E-state index contributed by atoms with van der Waals surface area (Å²) in [5, 5.41) is 9.83. The Bertz CT molecular complexity index is 905. The van der Waals surface area contributed by atoms with E-state index in [4.69, 9.17) is 4.74 Å². The van der Waals surface area contributed by atoms with Crippen LogP contribution in [0, 0.1) is 6.92 Å². The Hall–Kier alpha value is -2.83. The third-order valence-electron chi connectivity index (χ3n) is 3.95. The summed E-state index contributed by atoms with van der Waals surface area (Å²) < 4.78 is 5.15. The van der Waals surface area contributed by atoms with E-state index in [1.165, 1.54) is 16.9 Å². The monoisotopic (exact) mass is 379 g/mol. The van der Waals surface area contributed by atoms with Crippen LogP contribution < -0.4 is 4.90 Å². The second kappa shape index (κ2) is 9.21. The number of aryl methyl sites for hydroxylation is 1. The molecule has 0 radical (unpaired) electrons. The molecule has 0 unspecified atom stereocenters. The minimum atomic E-state index is -0.150. The lowest BCUT2D eigenvalue weighted by molar-refractivity contribution is -0.114. The number of methoxy groups -OCH3 is 1. The third kappa shape index (κ3) is 5.09. The number of ether oxygens (including phenoxy) is 1. The van der Waals surface area contributed by atoms with Crippen LogP contribution in [0.15, 0.2) is 60.7 Å². The molecule has 138 valence electrons. The topological polar surface area (TPSA) is 55.3 Å². The zero-order valence-electron chi connectivity index (χ0n) is 15.3. The number of rotatable bonds is 7. The highest BCUT2D eigenvalue weighted by atomic mass is 32.1. The average molecular weight is 379 g/mol. The predicted octanol–water partition coefficient (Wildman–Crippen LogP) is 4.21. The molecule has 5 nitrogen and oxygen atoms in total. The van der Waals surface area contributed by atoms with Crippen LogP contribution in [-0.4, -0.2) is 36.4 Å². The maximum Gasteiger partial charge on any atom is 0.252 e. The van der Waals surface area contributed by atoms with Crippen molar-refractivity contribution in [3.63, 3.8) is 0 Å². The first-order valence-electron chi connectivity index (χ1n) is 8.61. The lowest BCUT2D eigenvalue weighted by Gasteiger charge is -2.16. The highest BCUT2D eigenvalue weighted by Gasteiger charge is 2.18. The summed E-state index contributed by atoms with van der Waals surface area (Å²) in [6.07, 6.45) is 3.35. The lowest BCUT2D eigenvalue weighted by Crippen LogP contribution is -2.32. The molecule has 1 aromatic heterocycles. The Labute approximate surface area is 162 Å². The van der Waals surface area contributed by atoms with E-state index >= 15 is 0 Å². The molecule has 0 aliphatic rings. The maximum atomic E-state index is 12.7. The van der Waals surface area contributed by atoms with Gasteiger partial charge in [-0.2, -0.15) is 0 Å². The molecule has 27 heavy (non-hydrogen) atoms. The quantitative estimate of drug-likeness (QED) is 0.577. The predicted molar refractivity (Wildman–Crippen MR) is 110 cm³/mol. The zero-order valence-corrected chi connectivity index (χ0v) is 16.1. The Balaban J connectivity index is 1.81. The first kappa shape index (κ1) is 18.9. The van der Waals surface area contributed by atoms with E-state index in [2.05, 4.69) is 10.2 Å². The summed E-state index contributed by atoms with van der Waals surface area (Å²) in [6.45, 7) is 2.88. The SMILES string of the molecule is COCCN(C(=O)C=Cc1ccccc1)c1nnc(-c2ccc(C)cc2)s1. The van der Waals surface area contributed by atoms with Gasteiger partial charge in [0, 0.05) is 18.7 Å². The first-order valence-corrected chi connectivity index (χ1v) is 9.43. The van der Waals surface area contributed by atoms with Crippen LogP contribution in [0.1, 0.15) is 11.1 Å². The van der Waals surface area contributed by atoms with Crippen LogP contribution in [0.4, 0.5) is 5.13 Å². The van der Waals surface area contributed by atoms with Gasteiger partial charge in [0.25, 0.3) is 5.91 Å². The van der Waals surface area contributed by atoms with Crippen molar-refractivity contribution >= 4 is 28.5 Å². The molecule has 0 bridgehead atoms. The fraction of sp³-hybridized carbons (Fsp3) is 0.190. The summed E-state index contributed by atoms with van der Waals surface area (Å²) in [4.78, 5) is 14.3. The van der Waals surface area contributed by atoms with Gasteiger partial charge in [0.2, 0.25) is 5.13 Å². The number of hydrogen-bond donors (Lipinski definition) is 0. The Kier molecular flexibility index (Phi) is 6.46. The second-order valence-electron chi connectivity index (χ2n) is 5.98. The van der Waals surface area contributed by atoms with Crippen LogP contribution in [-0.2, 0) is 9.53 Å². The van der Waals surface area contributed by atoms with E-state index in [0.717, 1.165) is 16.1 Å². The van der Waals surface area contributed by atoms with E-state index in [1.807, 2.05) is 61.5 Å². The van der Waals surface area contributed by atoms with E-state index in [0.29, 0.717) is 18.3 Å². The molecule has 0 aliphatic heterocycles. The number of carbonyl (C=O) groups is 1. The number of nitrogens with zero attached hydrogens (tertiary/aromatic N) is 3. The number of benzene rings is 2. The lowest BCUT2D eigenvalue weighted by atomic mass is 10.2. The largest absolute Gasteiger partial charge is 0.383 e. The van der Waals surface area contributed by atoms with E-state index < -0.39 is 0 Å². The van der Waals surface area contributed by atoms with Gasteiger partial charge in [0.15, 0.2) is 0 Å². The van der Waals surface area contributed by atoms with Gasteiger partial charge in [-0.3, -0.25) is 9.69 Å². The molecule has 0 atom stereocenters. The number of anilines is 1. The molecule has 0 N–H and O–H groups in total. The van der Waals surface area contributed by atoms with Gasteiger partial charge in [-0.1, -0.05) is 71.5 Å². The van der Waals surface area contributed by atoms with Crippen molar-refractivity contribution in [1.29, 1.82) is 0 Å². The van der Waals surface area contributed by atoms with Crippen molar-refractivity contribution in [2.45, 2.75) is 6.92 Å². The van der Waals surface area contributed by atoms with E-state index in [1.54, 1.807) is 24.2 Å². The smallest absolute Gasteiger partial charge is 0.252 e. The number of amides is 1. The maximum absolute atomic E-state index is 12.7. The second-order valence-corrected chi connectivity index (χ2v) is 6.94. The first-order chi connectivity index (χ1) is 13.2. The highest BCUT2D eigenvalue weighted by molar-refractivity contribution is 7.18. The molecule has 0 aliphatic carbocycles. The Morgan fingerprint density at radius 2 is 1.85 bits per heavy atom. The van der Waals surface area contributed by atoms with Crippen molar-refractivity contribution in [1.82, 2.24) is 10.2 Å². The molecule has 0 saturated heterocycles. The van der Waals surface area contributed by atoms with Gasteiger partial charge >= 0.3 is 0 Å². The Morgan fingerprint density at radius 1 is 1.11 bits per heavy atom. The number of hydrogen-bond acceptors (Lipinski definition) is 5. The summed E-state index contributed by atoms with van der Waals surface area (Å²) >= 11 is 1.39. The molecule has 0 saturated carbocycles. The van der Waals surface area contributed by atoms with Crippen molar-refractivity contribution in [3.8, 4) is 10.6 Å². The molecule has 3 rings (SSSR count). The van der Waals surface area contributed by atoms with Crippen molar-refractivity contribution in [2.75, 3.05) is 25.2 Å².